The maximum absolute atomic E-state index is 11.4. The molecular formula is C14H16N4O7. The first-order chi connectivity index (χ1) is 11.8. The van der Waals surface area contributed by atoms with Gasteiger partial charge in [0.05, 0.1) is 6.20 Å². The van der Waals surface area contributed by atoms with Crippen LogP contribution in [0.5, 0.6) is 0 Å². The third-order valence-corrected chi connectivity index (χ3v) is 3.19. The van der Waals surface area contributed by atoms with Crippen molar-refractivity contribution in [1.29, 1.82) is 5.26 Å². The molecule has 0 aromatic carbocycles. The van der Waals surface area contributed by atoms with Crippen LogP contribution < -0.4 is 0 Å². The fourth-order valence-corrected chi connectivity index (χ4v) is 2.33. The Balaban J connectivity index is 2.32. The average molecular weight is 352 g/mol. The molecule has 0 saturated carbocycles. The summed E-state index contributed by atoms with van der Waals surface area (Å²) in [7, 11) is 0. The van der Waals surface area contributed by atoms with Crippen LogP contribution >= 0.6 is 0 Å². The molecule has 11 nitrogen and oxygen atoms in total. The molecule has 1 aromatic rings. The van der Waals surface area contributed by atoms with Crippen LogP contribution in [0, 0.1) is 11.3 Å². The van der Waals surface area contributed by atoms with Gasteiger partial charge in [-0.15, -0.1) is 9.90 Å². The lowest BCUT2D eigenvalue weighted by atomic mass is 10.1. The Morgan fingerprint density at radius 3 is 2.36 bits per heavy atom. The van der Waals surface area contributed by atoms with E-state index < -0.39 is 42.4 Å². The first kappa shape index (κ1) is 18.3. The molecule has 11 heteroatoms. The number of rotatable bonds is 5. The first-order valence-electron chi connectivity index (χ1n) is 7.27. The minimum absolute atomic E-state index is 0.0256. The summed E-state index contributed by atoms with van der Waals surface area (Å²) in [5.74, 6) is -1.83. The summed E-state index contributed by atoms with van der Waals surface area (Å²) < 4.78 is 21.0. The van der Waals surface area contributed by atoms with Crippen LogP contribution in [0.2, 0.25) is 0 Å². The number of hydrogen-bond donors (Lipinski definition) is 0. The predicted octanol–water partition coefficient (Wildman–Crippen LogP) is -0.526. The van der Waals surface area contributed by atoms with Gasteiger partial charge in [0.2, 0.25) is 6.23 Å². The minimum atomic E-state index is -1.08. The second-order valence-electron chi connectivity index (χ2n) is 5.18. The van der Waals surface area contributed by atoms with Crippen molar-refractivity contribution < 1.29 is 33.3 Å². The van der Waals surface area contributed by atoms with E-state index in [0.717, 1.165) is 4.80 Å². The summed E-state index contributed by atoms with van der Waals surface area (Å²) in [5.41, 5.74) is 0.0256. The van der Waals surface area contributed by atoms with E-state index in [9.17, 15) is 14.4 Å². The lowest BCUT2D eigenvalue weighted by molar-refractivity contribution is -0.166. The van der Waals surface area contributed by atoms with E-state index >= 15 is 0 Å². The molecule has 1 saturated heterocycles. The van der Waals surface area contributed by atoms with E-state index in [1.807, 2.05) is 6.07 Å². The number of nitrogens with zero attached hydrogens (tertiary/aromatic N) is 4. The number of carbonyl (C=O) groups is 3. The van der Waals surface area contributed by atoms with E-state index in [4.69, 9.17) is 24.2 Å². The van der Waals surface area contributed by atoms with Gasteiger partial charge < -0.3 is 18.9 Å². The molecule has 1 aliphatic heterocycles. The lowest BCUT2D eigenvalue weighted by Crippen LogP contribution is -2.40. The largest absolute Gasteiger partial charge is 0.463 e. The second-order valence-corrected chi connectivity index (χ2v) is 5.18. The highest BCUT2D eigenvalue weighted by atomic mass is 16.7. The summed E-state index contributed by atoms with van der Waals surface area (Å²) in [5, 5.41) is 16.6. The van der Waals surface area contributed by atoms with Crippen LogP contribution in [0.25, 0.3) is 0 Å². The molecule has 25 heavy (non-hydrogen) atoms. The molecular weight excluding hydrogens is 336 g/mol. The maximum atomic E-state index is 11.4. The third-order valence-electron chi connectivity index (χ3n) is 3.19. The standard InChI is InChI=1S/C14H16N4O7/c1-7(19)22-6-11-12(23-8(2)20)13(24-9(3)21)14(25-11)18-16-5-10(4-15)17-18/h5,11-14H,6H2,1-3H3/t11-,12-,13-,14-/m1/s1. The van der Waals surface area contributed by atoms with Crippen molar-refractivity contribution in [1.82, 2.24) is 15.0 Å². The number of hydrogen-bond acceptors (Lipinski definition) is 10. The van der Waals surface area contributed by atoms with Crippen LogP contribution in [0.15, 0.2) is 6.20 Å². The molecule has 2 heterocycles. The zero-order valence-electron chi connectivity index (χ0n) is 13.7. The fourth-order valence-electron chi connectivity index (χ4n) is 2.33. The molecule has 2 rings (SSSR count). The quantitative estimate of drug-likeness (QED) is 0.501. The molecule has 0 spiro atoms. The van der Waals surface area contributed by atoms with Gasteiger partial charge in [-0.2, -0.15) is 10.4 Å². The number of nitriles is 1. The van der Waals surface area contributed by atoms with Gasteiger partial charge in [-0.25, -0.2) is 0 Å². The van der Waals surface area contributed by atoms with E-state index in [0.29, 0.717) is 0 Å². The van der Waals surface area contributed by atoms with Crippen LogP contribution in [0.4, 0.5) is 0 Å². The zero-order chi connectivity index (χ0) is 18.6. The summed E-state index contributed by atoms with van der Waals surface area (Å²) >= 11 is 0. The molecule has 0 N–H and O–H groups in total. The van der Waals surface area contributed by atoms with Crippen molar-refractivity contribution in [2.24, 2.45) is 0 Å². The summed E-state index contributed by atoms with van der Waals surface area (Å²) in [6, 6.07) is 1.81. The Bertz CT molecular complexity index is 710. The molecule has 134 valence electrons. The van der Waals surface area contributed by atoms with Crippen molar-refractivity contribution in [3.63, 3.8) is 0 Å². The van der Waals surface area contributed by atoms with E-state index in [1.54, 1.807) is 0 Å². The van der Waals surface area contributed by atoms with Gasteiger partial charge in [0.25, 0.3) is 0 Å². The third kappa shape index (κ3) is 4.51. The van der Waals surface area contributed by atoms with Crippen molar-refractivity contribution in [3.05, 3.63) is 11.9 Å². The molecule has 1 aromatic heterocycles. The summed E-state index contributed by atoms with van der Waals surface area (Å²) in [6.07, 6.45) is -2.88. The second kappa shape index (κ2) is 7.71. The molecule has 1 aliphatic rings. The minimum Gasteiger partial charge on any atom is -0.463 e. The van der Waals surface area contributed by atoms with E-state index in [-0.39, 0.29) is 12.3 Å². The number of aromatic nitrogens is 3. The summed E-state index contributed by atoms with van der Waals surface area (Å²) in [4.78, 5) is 34.9. The SMILES string of the molecule is CC(=O)OC[C@H]1O[C@@H](n2ncc(C#N)n2)[C@H](OC(C)=O)[C@@H]1OC(C)=O. The maximum Gasteiger partial charge on any atom is 0.303 e. The monoisotopic (exact) mass is 352 g/mol. The van der Waals surface area contributed by atoms with E-state index in [2.05, 4.69) is 10.2 Å². The van der Waals surface area contributed by atoms with Crippen LogP contribution in [-0.4, -0.2) is 57.8 Å². The van der Waals surface area contributed by atoms with Crippen LogP contribution in [-0.2, 0) is 33.3 Å². The van der Waals surface area contributed by atoms with Gasteiger partial charge in [-0.05, 0) is 0 Å². The molecule has 0 unspecified atom stereocenters. The van der Waals surface area contributed by atoms with Crippen molar-refractivity contribution >= 4 is 17.9 Å². The Morgan fingerprint density at radius 1 is 1.20 bits per heavy atom. The summed E-state index contributed by atoms with van der Waals surface area (Å²) in [6.45, 7) is 3.35. The highest BCUT2D eigenvalue weighted by Gasteiger charge is 2.51. The highest BCUT2D eigenvalue weighted by Crippen LogP contribution is 2.33. The molecule has 0 radical (unpaired) electrons. The number of esters is 3. The molecule has 4 atom stereocenters. The fraction of sp³-hybridized carbons (Fsp3) is 0.571. The van der Waals surface area contributed by atoms with Crippen LogP contribution in [0.1, 0.15) is 32.7 Å². The lowest BCUT2D eigenvalue weighted by Gasteiger charge is -2.22. The van der Waals surface area contributed by atoms with Crippen molar-refractivity contribution in [3.8, 4) is 6.07 Å². The first-order valence-corrected chi connectivity index (χ1v) is 7.27. The zero-order valence-corrected chi connectivity index (χ0v) is 13.7. The topological polar surface area (TPSA) is 143 Å². The highest BCUT2D eigenvalue weighted by molar-refractivity contribution is 5.67. The number of ether oxygens (including phenoxy) is 4. The smallest absolute Gasteiger partial charge is 0.303 e. The number of carbonyl (C=O) groups excluding carboxylic acids is 3. The van der Waals surface area contributed by atoms with Gasteiger partial charge in [-0.3, -0.25) is 14.4 Å². The Hall–Kier alpha value is -3.00. The van der Waals surface area contributed by atoms with Gasteiger partial charge in [0, 0.05) is 20.8 Å². The average Bonchev–Trinajstić information content (AvgIpc) is 3.10. The normalized spacial score (nSPS) is 25.0. The van der Waals surface area contributed by atoms with Gasteiger partial charge in [0.1, 0.15) is 18.8 Å². The van der Waals surface area contributed by atoms with Crippen molar-refractivity contribution in [2.75, 3.05) is 6.61 Å². The van der Waals surface area contributed by atoms with Crippen molar-refractivity contribution in [2.45, 2.75) is 45.3 Å². The molecule has 0 aliphatic carbocycles. The van der Waals surface area contributed by atoms with Gasteiger partial charge >= 0.3 is 17.9 Å². The van der Waals surface area contributed by atoms with E-state index in [1.165, 1.54) is 27.0 Å². The van der Waals surface area contributed by atoms with Crippen LogP contribution in [0.3, 0.4) is 0 Å². The Morgan fingerprint density at radius 2 is 1.84 bits per heavy atom. The Kier molecular flexibility index (Phi) is 5.66. The van der Waals surface area contributed by atoms with Gasteiger partial charge in [-0.1, -0.05) is 0 Å². The molecule has 0 bridgehead atoms. The Labute approximate surface area is 142 Å². The molecule has 1 fully saturated rings. The van der Waals surface area contributed by atoms with Gasteiger partial charge in [0.15, 0.2) is 17.9 Å². The predicted molar refractivity (Wildman–Crippen MR) is 76.4 cm³/mol. The molecule has 0 amide bonds.